The highest BCUT2D eigenvalue weighted by atomic mass is 32.2. The smallest absolute Gasteiger partial charge is 0.252 e. The average Bonchev–Trinajstić information content (AvgIpc) is 2.65. The SMILES string of the molecule is CCN(CC)S(=O)(=O)NC(C)c1ncnn1C. The largest absolute Gasteiger partial charge is 0.280 e. The van der Waals surface area contributed by atoms with Gasteiger partial charge in [0.1, 0.15) is 12.2 Å². The van der Waals surface area contributed by atoms with E-state index in [1.807, 2.05) is 0 Å². The topological polar surface area (TPSA) is 80.1 Å². The Morgan fingerprint density at radius 1 is 1.47 bits per heavy atom. The molecule has 98 valence electrons. The number of aryl methyl sites for hydroxylation is 1. The van der Waals surface area contributed by atoms with E-state index >= 15 is 0 Å². The first-order valence-corrected chi connectivity index (χ1v) is 6.97. The van der Waals surface area contributed by atoms with Crippen molar-refractivity contribution in [2.75, 3.05) is 13.1 Å². The Balaban J connectivity index is 2.81. The molecule has 0 aromatic carbocycles. The predicted octanol–water partition coefficient (Wildman–Crippen LogP) is 0.0523. The minimum Gasteiger partial charge on any atom is -0.252 e. The molecule has 17 heavy (non-hydrogen) atoms. The van der Waals surface area contributed by atoms with Gasteiger partial charge >= 0.3 is 0 Å². The Kier molecular flexibility index (Phi) is 4.61. The summed E-state index contributed by atoms with van der Waals surface area (Å²) >= 11 is 0. The van der Waals surface area contributed by atoms with Crippen molar-refractivity contribution in [1.29, 1.82) is 0 Å². The van der Waals surface area contributed by atoms with Crippen LogP contribution in [-0.4, -0.2) is 40.6 Å². The summed E-state index contributed by atoms with van der Waals surface area (Å²) in [7, 11) is -1.74. The summed E-state index contributed by atoms with van der Waals surface area (Å²) in [6.07, 6.45) is 1.40. The van der Waals surface area contributed by atoms with Gasteiger partial charge in [-0.15, -0.1) is 0 Å². The maximum atomic E-state index is 12.0. The average molecular weight is 261 g/mol. The van der Waals surface area contributed by atoms with E-state index in [-0.39, 0.29) is 0 Å². The van der Waals surface area contributed by atoms with Crippen LogP contribution >= 0.6 is 0 Å². The minimum absolute atomic E-state index is 0.409. The van der Waals surface area contributed by atoms with Crippen LogP contribution in [0, 0.1) is 0 Å². The number of rotatable bonds is 6. The lowest BCUT2D eigenvalue weighted by Crippen LogP contribution is -2.42. The van der Waals surface area contributed by atoms with E-state index < -0.39 is 16.3 Å². The third kappa shape index (κ3) is 3.24. The van der Waals surface area contributed by atoms with Crippen LogP contribution in [0.3, 0.4) is 0 Å². The molecule has 8 heteroatoms. The van der Waals surface area contributed by atoms with Crippen LogP contribution in [0.2, 0.25) is 0 Å². The molecule has 0 saturated heterocycles. The zero-order valence-corrected chi connectivity index (χ0v) is 11.4. The first kappa shape index (κ1) is 14.1. The second kappa shape index (κ2) is 5.56. The predicted molar refractivity (Wildman–Crippen MR) is 64.4 cm³/mol. The molecule has 0 aliphatic heterocycles. The van der Waals surface area contributed by atoms with Crippen molar-refractivity contribution in [3.05, 3.63) is 12.2 Å². The molecule has 0 radical (unpaired) electrons. The quantitative estimate of drug-likeness (QED) is 0.785. The summed E-state index contributed by atoms with van der Waals surface area (Å²) in [6, 6.07) is -0.409. The normalized spacial score (nSPS) is 14.2. The van der Waals surface area contributed by atoms with Crippen LogP contribution in [-0.2, 0) is 17.3 Å². The van der Waals surface area contributed by atoms with Gasteiger partial charge in [-0.05, 0) is 6.92 Å². The second-order valence-corrected chi connectivity index (χ2v) is 5.37. The molecule has 1 N–H and O–H groups in total. The number of nitrogens with one attached hydrogen (secondary N) is 1. The van der Waals surface area contributed by atoms with Crippen molar-refractivity contribution >= 4 is 10.2 Å². The molecule has 1 atom stereocenters. The van der Waals surface area contributed by atoms with Crippen molar-refractivity contribution in [1.82, 2.24) is 23.8 Å². The molecule has 1 aromatic heterocycles. The number of hydrogen-bond acceptors (Lipinski definition) is 4. The molecule has 1 heterocycles. The summed E-state index contributed by atoms with van der Waals surface area (Å²) in [5.74, 6) is 0.584. The monoisotopic (exact) mass is 261 g/mol. The van der Waals surface area contributed by atoms with Gasteiger partial charge < -0.3 is 0 Å². The molecular weight excluding hydrogens is 242 g/mol. The van der Waals surface area contributed by atoms with Gasteiger partial charge in [-0.25, -0.2) is 4.98 Å². The molecule has 7 nitrogen and oxygen atoms in total. The maximum absolute atomic E-state index is 12.0. The third-order valence-corrected chi connectivity index (χ3v) is 4.35. The zero-order chi connectivity index (χ0) is 13.1. The molecule has 0 bridgehead atoms. The van der Waals surface area contributed by atoms with Crippen molar-refractivity contribution < 1.29 is 8.42 Å². The highest BCUT2D eigenvalue weighted by Gasteiger charge is 2.23. The minimum atomic E-state index is -3.46. The maximum Gasteiger partial charge on any atom is 0.280 e. The lowest BCUT2D eigenvalue weighted by atomic mass is 10.3. The number of aromatic nitrogens is 3. The van der Waals surface area contributed by atoms with Crippen molar-refractivity contribution in [2.45, 2.75) is 26.8 Å². The molecule has 1 rings (SSSR count). The van der Waals surface area contributed by atoms with Crippen LogP contribution in [0.4, 0.5) is 0 Å². The van der Waals surface area contributed by atoms with Crippen LogP contribution in [0.15, 0.2) is 6.33 Å². The Labute approximate surface area is 102 Å². The standard InChI is InChI=1S/C9H19N5O2S/c1-5-14(6-2)17(15,16)12-8(3)9-10-7-11-13(9)4/h7-8,12H,5-6H2,1-4H3. The molecule has 1 aromatic rings. The van der Waals surface area contributed by atoms with E-state index in [0.29, 0.717) is 18.9 Å². The van der Waals surface area contributed by atoms with Gasteiger partial charge in [-0.3, -0.25) is 4.68 Å². The van der Waals surface area contributed by atoms with Crippen LogP contribution in [0.25, 0.3) is 0 Å². The van der Waals surface area contributed by atoms with Gasteiger partial charge in [0.2, 0.25) is 0 Å². The van der Waals surface area contributed by atoms with Gasteiger partial charge in [-0.1, -0.05) is 13.8 Å². The van der Waals surface area contributed by atoms with E-state index in [1.54, 1.807) is 32.5 Å². The number of hydrogen-bond donors (Lipinski definition) is 1. The molecule has 1 unspecified atom stereocenters. The molecule has 0 aliphatic carbocycles. The zero-order valence-electron chi connectivity index (χ0n) is 10.6. The highest BCUT2D eigenvalue weighted by Crippen LogP contribution is 2.10. The van der Waals surface area contributed by atoms with Crippen molar-refractivity contribution in [3.8, 4) is 0 Å². The third-order valence-electron chi connectivity index (χ3n) is 2.50. The summed E-state index contributed by atoms with van der Waals surface area (Å²) in [5.41, 5.74) is 0. The Morgan fingerprint density at radius 2 is 2.06 bits per heavy atom. The van der Waals surface area contributed by atoms with Crippen LogP contribution in [0.1, 0.15) is 32.6 Å². The van der Waals surface area contributed by atoms with E-state index in [1.165, 1.54) is 10.6 Å². The van der Waals surface area contributed by atoms with E-state index in [4.69, 9.17) is 0 Å². The first-order chi connectivity index (χ1) is 7.92. The van der Waals surface area contributed by atoms with Crippen LogP contribution in [0.5, 0.6) is 0 Å². The van der Waals surface area contributed by atoms with Gasteiger partial charge in [0.25, 0.3) is 10.2 Å². The van der Waals surface area contributed by atoms with Crippen molar-refractivity contribution in [3.63, 3.8) is 0 Å². The van der Waals surface area contributed by atoms with Crippen LogP contribution < -0.4 is 4.72 Å². The molecule has 0 aliphatic rings. The highest BCUT2D eigenvalue weighted by molar-refractivity contribution is 7.87. The molecule has 0 spiro atoms. The Bertz CT molecular complexity index is 452. The lowest BCUT2D eigenvalue weighted by Gasteiger charge is -2.21. The first-order valence-electron chi connectivity index (χ1n) is 5.53. The van der Waals surface area contributed by atoms with E-state index in [9.17, 15) is 8.42 Å². The van der Waals surface area contributed by atoms with Gasteiger partial charge in [0.05, 0.1) is 6.04 Å². The summed E-state index contributed by atoms with van der Waals surface area (Å²) in [5, 5.41) is 3.91. The van der Waals surface area contributed by atoms with Gasteiger partial charge in [-0.2, -0.15) is 22.5 Å². The Hall–Kier alpha value is -0.990. The van der Waals surface area contributed by atoms with E-state index in [0.717, 1.165) is 0 Å². The van der Waals surface area contributed by atoms with E-state index in [2.05, 4.69) is 14.8 Å². The Morgan fingerprint density at radius 3 is 2.47 bits per heavy atom. The van der Waals surface area contributed by atoms with Gasteiger partial charge in [0, 0.05) is 20.1 Å². The summed E-state index contributed by atoms with van der Waals surface area (Å²) in [6.45, 7) is 6.23. The number of nitrogens with zero attached hydrogens (tertiary/aromatic N) is 4. The fourth-order valence-corrected chi connectivity index (χ4v) is 2.99. The fraction of sp³-hybridized carbons (Fsp3) is 0.778. The lowest BCUT2D eigenvalue weighted by molar-refractivity contribution is 0.425. The summed E-state index contributed by atoms with van der Waals surface area (Å²) < 4.78 is 29.4. The molecule has 0 saturated carbocycles. The molecule has 0 fully saturated rings. The fourth-order valence-electron chi connectivity index (χ4n) is 1.61. The summed E-state index contributed by atoms with van der Waals surface area (Å²) in [4.78, 5) is 4.02. The van der Waals surface area contributed by atoms with Crippen molar-refractivity contribution in [2.24, 2.45) is 7.05 Å². The van der Waals surface area contributed by atoms with Gasteiger partial charge in [0.15, 0.2) is 0 Å². The second-order valence-electron chi connectivity index (χ2n) is 3.67. The molecule has 0 amide bonds. The molecular formula is C9H19N5O2S.